The van der Waals surface area contributed by atoms with Crippen LogP contribution < -0.4 is 20.0 Å². The van der Waals surface area contributed by atoms with Gasteiger partial charge in [-0.05, 0) is 12.1 Å². The summed E-state index contributed by atoms with van der Waals surface area (Å²) >= 11 is 0. The van der Waals surface area contributed by atoms with Crippen LogP contribution in [0.4, 0.5) is 0 Å². The summed E-state index contributed by atoms with van der Waals surface area (Å²) in [4.78, 5) is 4.66. The maximum absolute atomic E-state index is 5.29. The summed E-state index contributed by atoms with van der Waals surface area (Å²) in [7, 11) is 3.57. The SMILES string of the molecule is COc1cc(ON)ccc1-n1cc[n+](C)c1. The van der Waals surface area contributed by atoms with E-state index in [0.717, 1.165) is 5.69 Å². The zero-order valence-corrected chi connectivity index (χ0v) is 9.25. The van der Waals surface area contributed by atoms with Crippen LogP contribution in [0, 0.1) is 0 Å². The zero-order chi connectivity index (χ0) is 11.5. The Balaban J connectivity index is 2.48. The lowest BCUT2D eigenvalue weighted by molar-refractivity contribution is -0.670. The summed E-state index contributed by atoms with van der Waals surface area (Å²) in [5.74, 6) is 6.37. The van der Waals surface area contributed by atoms with E-state index in [4.69, 9.17) is 10.6 Å². The van der Waals surface area contributed by atoms with Gasteiger partial charge in [-0.1, -0.05) is 0 Å². The molecule has 5 heteroatoms. The molecule has 0 aliphatic rings. The highest BCUT2D eigenvalue weighted by molar-refractivity contribution is 5.50. The van der Waals surface area contributed by atoms with Crippen LogP contribution in [-0.2, 0) is 7.05 Å². The highest BCUT2D eigenvalue weighted by Crippen LogP contribution is 2.26. The lowest BCUT2D eigenvalue weighted by atomic mass is 10.2. The highest BCUT2D eigenvalue weighted by atomic mass is 16.6. The van der Waals surface area contributed by atoms with E-state index in [1.807, 2.05) is 41.0 Å². The van der Waals surface area contributed by atoms with Gasteiger partial charge in [-0.2, -0.15) is 10.5 Å². The monoisotopic (exact) mass is 220 g/mol. The summed E-state index contributed by atoms with van der Waals surface area (Å²) in [6.45, 7) is 0. The second kappa shape index (κ2) is 4.24. The quantitative estimate of drug-likeness (QED) is 0.607. The van der Waals surface area contributed by atoms with Gasteiger partial charge in [0.2, 0.25) is 6.33 Å². The van der Waals surface area contributed by atoms with E-state index in [1.165, 1.54) is 0 Å². The molecule has 0 aliphatic heterocycles. The molecule has 5 nitrogen and oxygen atoms in total. The van der Waals surface area contributed by atoms with Gasteiger partial charge in [0.1, 0.15) is 12.4 Å². The molecule has 2 rings (SSSR count). The lowest BCUT2D eigenvalue weighted by Gasteiger charge is -2.06. The second-order valence-electron chi connectivity index (χ2n) is 3.44. The molecule has 84 valence electrons. The predicted molar refractivity (Wildman–Crippen MR) is 58.3 cm³/mol. The number of benzene rings is 1. The van der Waals surface area contributed by atoms with Crippen molar-refractivity contribution in [3.8, 4) is 17.2 Å². The van der Waals surface area contributed by atoms with Crippen molar-refractivity contribution in [2.75, 3.05) is 7.11 Å². The number of hydrogen-bond donors (Lipinski definition) is 1. The fourth-order valence-corrected chi connectivity index (χ4v) is 1.54. The average Bonchev–Trinajstić information content (AvgIpc) is 2.74. The fourth-order valence-electron chi connectivity index (χ4n) is 1.54. The minimum Gasteiger partial charge on any atom is -0.492 e. The predicted octanol–water partition coefficient (Wildman–Crippen LogP) is 0.563. The normalized spacial score (nSPS) is 10.2. The molecule has 2 N–H and O–H groups in total. The Hall–Kier alpha value is -2.01. The van der Waals surface area contributed by atoms with Gasteiger partial charge in [0, 0.05) is 6.07 Å². The number of hydrogen-bond acceptors (Lipinski definition) is 3. The maximum Gasteiger partial charge on any atom is 0.248 e. The molecule has 2 aromatic rings. The number of aryl methyl sites for hydroxylation is 1. The third-order valence-corrected chi connectivity index (χ3v) is 2.33. The fraction of sp³-hybridized carbons (Fsp3) is 0.182. The molecule has 0 aliphatic carbocycles. The molecule has 16 heavy (non-hydrogen) atoms. The highest BCUT2D eigenvalue weighted by Gasteiger charge is 2.12. The molecule has 0 saturated heterocycles. The Labute approximate surface area is 93.6 Å². The van der Waals surface area contributed by atoms with E-state index in [2.05, 4.69) is 4.84 Å². The number of imidazole rings is 1. The van der Waals surface area contributed by atoms with E-state index in [1.54, 1.807) is 19.2 Å². The molecule has 0 radical (unpaired) electrons. The zero-order valence-electron chi connectivity index (χ0n) is 9.25. The van der Waals surface area contributed by atoms with Gasteiger partial charge in [-0.3, -0.25) is 0 Å². The van der Waals surface area contributed by atoms with Gasteiger partial charge in [-0.25, -0.2) is 4.57 Å². The first-order chi connectivity index (χ1) is 7.74. The van der Waals surface area contributed by atoms with Crippen LogP contribution in [0.2, 0.25) is 0 Å². The van der Waals surface area contributed by atoms with Gasteiger partial charge in [-0.15, -0.1) is 0 Å². The van der Waals surface area contributed by atoms with Crippen LogP contribution in [-0.4, -0.2) is 11.7 Å². The van der Waals surface area contributed by atoms with Gasteiger partial charge in [0.15, 0.2) is 17.2 Å². The number of nitrogens with two attached hydrogens (primary N) is 1. The minimum atomic E-state index is 0.567. The van der Waals surface area contributed by atoms with Crippen LogP contribution >= 0.6 is 0 Å². The van der Waals surface area contributed by atoms with Gasteiger partial charge < -0.3 is 9.57 Å². The Bertz CT molecular complexity index is 494. The third-order valence-electron chi connectivity index (χ3n) is 2.33. The Morgan fingerprint density at radius 2 is 2.19 bits per heavy atom. The molecular weight excluding hydrogens is 206 g/mol. The number of methoxy groups -OCH3 is 1. The number of nitrogens with zero attached hydrogens (tertiary/aromatic N) is 2. The first kappa shape index (κ1) is 10.5. The molecule has 0 atom stereocenters. The molecule has 0 saturated carbocycles. The Morgan fingerprint density at radius 3 is 2.75 bits per heavy atom. The minimum absolute atomic E-state index is 0.567. The summed E-state index contributed by atoms with van der Waals surface area (Å²) < 4.78 is 9.19. The van der Waals surface area contributed by atoms with Crippen molar-refractivity contribution in [3.05, 3.63) is 36.9 Å². The number of rotatable bonds is 3. The first-order valence-corrected chi connectivity index (χ1v) is 4.83. The molecule has 0 unspecified atom stereocenters. The second-order valence-corrected chi connectivity index (χ2v) is 3.44. The van der Waals surface area contributed by atoms with Crippen LogP contribution in [0.1, 0.15) is 0 Å². The van der Waals surface area contributed by atoms with Gasteiger partial charge >= 0.3 is 0 Å². The number of aromatic nitrogens is 2. The van der Waals surface area contributed by atoms with Crippen LogP contribution in [0.3, 0.4) is 0 Å². The molecule has 0 fully saturated rings. The van der Waals surface area contributed by atoms with E-state index in [9.17, 15) is 0 Å². The average molecular weight is 220 g/mol. The first-order valence-electron chi connectivity index (χ1n) is 4.83. The Kier molecular flexibility index (Phi) is 2.78. The van der Waals surface area contributed by atoms with Crippen LogP contribution in [0.25, 0.3) is 5.69 Å². The largest absolute Gasteiger partial charge is 0.492 e. The smallest absolute Gasteiger partial charge is 0.248 e. The lowest BCUT2D eigenvalue weighted by Crippen LogP contribution is -2.23. The van der Waals surface area contributed by atoms with E-state index in [0.29, 0.717) is 11.5 Å². The molecule has 1 heterocycles. The van der Waals surface area contributed by atoms with Crippen LogP contribution in [0.5, 0.6) is 11.5 Å². The van der Waals surface area contributed by atoms with Crippen molar-refractivity contribution in [1.82, 2.24) is 4.57 Å². The molecular formula is C11H14N3O2+. The standard InChI is InChI=1S/C11H14N3O2/c1-13-5-6-14(8-13)10-4-3-9(16-12)7-11(10)15-2/h3-8H,12H2,1-2H3/q+1. The summed E-state index contributed by atoms with van der Waals surface area (Å²) in [6.07, 6.45) is 5.84. The summed E-state index contributed by atoms with van der Waals surface area (Å²) in [6, 6.07) is 5.42. The van der Waals surface area contributed by atoms with Gasteiger partial charge in [0.05, 0.1) is 14.2 Å². The molecule has 0 bridgehead atoms. The van der Waals surface area contributed by atoms with E-state index < -0.39 is 0 Å². The van der Waals surface area contributed by atoms with Crippen molar-refractivity contribution >= 4 is 0 Å². The van der Waals surface area contributed by atoms with Crippen molar-refractivity contribution < 1.29 is 14.1 Å². The Morgan fingerprint density at radius 1 is 1.38 bits per heavy atom. The topological polar surface area (TPSA) is 53.3 Å². The van der Waals surface area contributed by atoms with Crippen LogP contribution in [0.15, 0.2) is 36.9 Å². The molecule has 1 aromatic carbocycles. The van der Waals surface area contributed by atoms with Crippen molar-refractivity contribution in [2.24, 2.45) is 12.9 Å². The molecule has 0 spiro atoms. The van der Waals surface area contributed by atoms with Gasteiger partial charge in [0.25, 0.3) is 0 Å². The number of ether oxygens (including phenoxy) is 1. The summed E-state index contributed by atoms with van der Waals surface area (Å²) in [5.41, 5.74) is 0.934. The van der Waals surface area contributed by atoms with E-state index >= 15 is 0 Å². The molecule has 0 amide bonds. The third kappa shape index (κ3) is 1.85. The van der Waals surface area contributed by atoms with E-state index in [-0.39, 0.29) is 0 Å². The molecule has 1 aromatic heterocycles. The van der Waals surface area contributed by atoms with Crippen molar-refractivity contribution in [1.29, 1.82) is 0 Å². The van der Waals surface area contributed by atoms with Crippen molar-refractivity contribution in [3.63, 3.8) is 0 Å². The maximum atomic E-state index is 5.29. The van der Waals surface area contributed by atoms with Crippen molar-refractivity contribution in [2.45, 2.75) is 0 Å². The summed E-state index contributed by atoms with van der Waals surface area (Å²) in [5, 5.41) is 0.